The van der Waals surface area contributed by atoms with Gasteiger partial charge < -0.3 is 4.74 Å². The van der Waals surface area contributed by atoms with Crippen molar-refractivity contribution in [2.45, 2.75) is 6.92 Å². The summed E-state index contributed by atoms with van der Waals surface area (Å²) in [6.07, 6.45) is 0. The maximum atomic E-state index is 5.62. The first kappa shape index (κ1) is 13.4. The number of aryl methyl sites for hydroxylation is 1. The average Bonchev–Trinajstić information content (AvgIpc) is 2.55. The SMILES string of the molecule is COc1c(C)cc(-c2ccccc2)cc1-c1ccccc1. The Kier molecular flexibility index (Phi) is 3.74. The van der Waals surface area contributed by atoms with Crippen LogP contribution in [0.15, 0.2) is 72.8 Å². The molecule has 0 bridgehead atoms. The zero-order valence-corrected chi connectivity index (χ0v) is 12.3. The van der Waals surface area contributed by atoms with Gasteiger partial charge in [0.2, 0.25) is 0 Å². The lowest BCUT2D eigenvalue weighted by Gasteiger charge is -2.14. The van der Waals surface area contributed by atoms with E-state index in [9.17, 15) is 0 Å². The fourth-order valence-electron chi connectivity index (χ4n) is 2.67. The summed E-state index contributed by atoms with van der Waals surface area (Å²) >= 11 is 0. The molecule has 0 saturated carbocycles. The highest BCUT2D eigenvalue weighted by molar-refractivity contribution is 5.79. The van der Waals surface area contributed by atoms with Crippen LogP contribution in [-0.4, -0.2) is 7.11 Å². The average molecular weight is 274 g/mol. The maximum absolute atomic E-state index is 5.62. The molecular formula is C20H18O. The molecule has 0 radical (unpaired) electrons. The van der Waals surface area contributed by atoms with Gasteiger partial charge >= 0.3 is 0 Å². The number of hydrogen-bond acceptors (Lipinski definition) is 1. The van der Waals surface area contributed by atoms with Gasteiger partial charge in [-0.1, -0.05) is 60.7 Å². The number of ether oxygens (including phenoxy) is 1. The zero-order chi connectivity index (χ0) is 14.7. The van der Waals surface area contributed by atoms with Crippen LogP contribution in [0.3, 0.4) is 0 Å². The van der Waals surface area contributed by atoms with Gasteiger partial charge in [-0.3, -0.25) is 0 Å². The Hall–Kier alpha value is -2.54. The quantitative estimate of drug-likeness (QED) is 0.626. The molecule has 1 heteroatoms. The van der Waals surface area contributed by atoms with E-state index in [2.05, 4.69) is 67.6 Å². The van der Waals surface area contributed by atoms with Crippen molar-refractivity contribution in [3.8, 4) is 28.0 Å². The third kappa shape index (κ3) is 2.68. The number of methoxy groups -OCH3 is 1. The van der Waals surface area contributed by atoms with Gasteiger partial charge in [0.25, 0.3) is 0 Å². The summed E-state index contributed by atoms with van der Waals surface area (Å²) in [5.74, 6) is 0.945. The van der Waals surface area contributed by atoms with Crippen molar-refractivity contribution in [3.05, 3.63) is 78.4 Å². The van der Waals surface area contributed by atoms with Gasteiger partial charge in [-0.15, -0.1) is 0 Å². The molecule has 0 aliphatic rings. The lowest BCUT2D eigenvalue weighted by atomic mass is 9.95. The van der Waals surface area contributed by atoms with Gasteiger partial charge in [-0.25, -0.2) is 0 Å². The summed E-state index contributed by atoms with van der Waals surface area (Å²) in [4.78, 5) is 0. The van der Waals surface area contributed by atoms with Gasteiger partial charge in [-0.2, -0.15) is 0 Å². The van der Waals surface area contributed by atoms with E-state index in [1.165, 1.54) is 16.7 Å². The minimum absolute atomic E-state index is 0.945. The molecule has 104 valence electrons. The summed E-state index contributed by atoms with van der Waals surface area (Å²) < 4.78 is 5.62. The van der Waals surface area contributed by atoms with E-state index in [1.807, 2.05) is 12.1 Å². The number of hydrogen-bond donors (Lipinski definition) is 0. The standard InChI is InChI=1S/C20H18O/c1-15-13-18(16-9-5-3-6-10-16)14-19(20(15)21-2)17-11-7-4-8-12-17/h3-14H,1-2H3. The summed E-state index contributed by atoms with van der Waals surface area (Å²) in [7, 11) is 1.73. The molecule has 3 aromatic rings. The van der Waals surface area contributed by atoms with Crippen LogP contribution >= 0.6 is 0 Å². The maximum Gasteiger partial charge on any atom is 0.129 e. The highest BCUT2D eigenvalue weighted by atomic mass is 16.5. The summed E-state index contributed by atoms with van der Waals surface area (Å²) in [5, 5.41) is 0. The van der Waals surface area contributed by atoms with Crippen LogP contribution < -0.4 is 4.74 Å². The lowest BCUT2D eigenvalue weighted by molar-refractivity contribution is 0.413. The summed E-state index contributed by atoms with van der Waals surface area (Å²) in [5.41, 5.74) is 5.90. The molecule has 0 amide bonds. The molecule has 1 nitrogen and oxygen atoms in total. The zero-order valence-electron chi connectivity index (χ0n) is 12.3. The normalized spacial score (nSPS) is 10.4. The van der Waals surface area contributed by atoms with Crippen LogP contribution in [0.1, 0.15) is 5.56 Å². The van der Waals surface area contributed by atoms with Gasteiger partial charge in [0, 0.05) is 5.56 Å². The van der Waals surface area contributed by atoms with E-state index in [4.69, 9.17) is 4.74 Å². The van der Waals surface area contributed by atoms with Crippen molar-refractivity contribution in [1.29, 1.82) is 0 Å². The number of rotatable bonds is 3. The Morgan fingerprint density at radius 2 is 1.24 bits per heavy atom. The van der Waals surface area contributed by atoms with E-state index in [-0.39, 0.29) is 0 Å². The first-order valence-electron chi connectivity index (χ1n) is 7.09. The van der Waals surface area contributed by atoms with Crippen molar-refractivity contribution < 1.29 is 4.74 Å². The second kappa shape index (κ2) is 5.84. The first-order valence-corrected chi connectivity index (χ1v) is 7.09. The molecule has 0 aliphatic heterocycles. The molecule has 0 saturated heterocycles. The van der Waals surface area contributed by atoms with E-state index < -0.39 is 0 Å². The van der Waals surface area contributed by atoms with Crippen LogP contribution in [0.2, 0.25) is 0 Å². The van der Waals surface area contributed by atoms with E-state index in [0.29, 0.717) is 0 Å². The third-order valence-corrected chi connectivity index (χ3v) is 3.67. The third-order valence-electron chi connectivity index (χ3n) is 3.67. The van der Waals surface area contributed by atoms with Crippen LogP contribution in [0.25, 0.3) is 22.3 Å². The van der Waals surface area contributed by atoms with Crippen molar-refractivity contribution in [3.63, 3.8) is 0 Å². The molecule has 0 unspecified atom stereocenters. The van der Waals surface area contributed by atoms with Crippen LogP contribution in [0.4, 0.5) is 0 Å². The molecule has 0 fully saturated rings. The van der Waals surface area contributed by atoms with Gasteiger partial charge in [0.05, 0.1) is 7.11 Å². The summed E-state index contributed by atoms with van der Waals surface area (Å²) in [6, 6.07) is 25.2. The van der Waals surface area contributed by atoms with E-state index in [0.717, 1.165) is 16.9 Å². The van der Waals surface area contributed by atoms with Crippen LogP contribution in [0, 0.1) is 6.92 Å². The molecule has 0 atom stereocenters. The van der Waals surface area contributed by atoms with Crippen LogP contribution in [0.5, 0.6) is 5.75 Å². The Morgan fingerprint density at radius 1 is 0.667 bits per heavy atom. The van der Waals surface area contributed by atoms with Crippen LogP contribution in [-0.2, 0) is 0 Å². The van der Waals surface area contributed by atoms with Gasteiger partial charge in [0.15, 0.2) is 0 Å². The minimum atomic E-state index is 0.945. The molecule has 0 heterocycles. The van der Waals surface area contributed by atoms with Crippen molar-refractivity contribution in [2.24, 2.45) is 0 Å². The van der Waals surface area contributed by atoms with Gasteiger partial charge in [-0.05, 0) is 41.3 Å². The highest BCUT2D eigenvalue weighted by Crippen LogP contribution is 2.37. The van der Waals surface area contributed by atoms with Crippen molar-refractivity contribution in [1.82, 2.24) is 0 Å². The monoisotopic (exact) mass is 274 g/mol. The fourth-order valence-corrected chi connectivity index (χ4v) is 2.67. The molecular weight excluding hydrogens is 256 g/mol. The molecule has 0 aromatic heterocycles. The second-order valence-electron chi connectivity index (χ2n) is 5.11. The van der Waals surface area contributed by atoms with E-state index in [1.54, 1.807) is 7.11 Å². The molecule has 21 heavy (non-hydrogen) atoms. The Bertz CT molecular complexity index is 731. The molecule has 3 rings (SSSR count). The molecule has 0 spiro atoms. The lowest BCUT2D eigenvalue weighted by Crippen LogP contribution is -1.93. The molecule has 3 aromatic carbocycles. The minimum Gasteiger partial charge on any atom is -0.496 e. The Morgan fingerprint density at radius 3 is 1.81 bits per heavy atom. The smallest absolute Gasteiger partial charge is 0.129 e. The fraction of sp³-hybridized carbons (Fsp3) is 0.100. The van der Waals surface area contributed by atoms with E-state index >= 15 is 0 Å². The largest absolute Gasteiger partial charge is 0.496 e. The molecule has 0 N–H and O–H groups in total. The highest BCUT2D eigenvalue weighted by Gasteiger charge is 2.11. The predicted molar refractivity (Wildman–Crippen MR) is 88.6 cm³/mol. The Labute approximate surface area is 125 Å². The predicted octanol–water partition coefficient (Wildman–Crippen LogP) is 5.34. The Balaban J connectivity index is 2.21. The molecule has 0 aliphatic carbocycles. The van der Waals surface area contributed by atoms with Crippen molar-refractivity contribution in [2.75, 3.05) is 7.11 Å². The second-order valence-corrected chi connectivity index (χ2v) is 5.11. The number of benzene rings is 3. The topological polar surface area (TPSA) is 9.23 Å². The first-order chi connectivity index (χ1) is 10.3. The summed E-state index contributed by atoms with van der Waals surface area (Å²) in [6.45, 7) is 2.09. The van der Waals surface area contributed by atoms with Gasteiger partial charge in [0.1, 0.15) is 5.75 Å². The van der Waals surface area contributed by atoms with Crippen molar-refractivity contribution >= 4 is 0 Å².